The van der Waals surface area contributed by atoms with E-state index in [4.69, 9.17) is 19.1 Å². The van der Waals surface area contributed by atoms with Gasteiger partial charge in [0.05, 0.1) is 25.5 Å². The molecule has 2 aromatic carbocycles. The Balaban J connectivity index is 1.60. The maximum Gasteiger partial charge on any atom is 0.255 e. The largest absolute Gasteiger partial charge is 0.497 e. The van der Waals surface area contributed by atoms with Gasteiger partial charge in [0.1, 0.15) is 17.2 Å². The zero-order valence-corrected chi connectivity index (χ0v) is 18.7. The Labute approximate surface area is 191 Å². The van der Waals surface area contributed by atoms with E-state index < -0.39 is 0 Å². The molecule has 170 valence electrons. The van der Waals surface area contributed by atoms with Gasteiger partial charge >= 0.3 is 0 Å². The van der Waals surface area contributed by atoms with Crippen LogP contribution in [-0.2, 0) is 6.42 Å². The van der Waals surface area contributed by atoms with Gasteiger partial charge in [0.25, 0.3) is 5.91 Å². The van der Waals surface area contributed by atoms with Crippen LogP contribution in [-0.4, -0.2) is 46.6 Å². The third-order valence-electron chi connectivity index (χ3n) is 5.07. The minimum absolute atomic E-state index is 0.230. The third-order valence-corrected chi connectivity index (χ3v) is 5.07. The quantitative estimate of drug-likeness (QED) is 0.391. The van der Waals surface area contributed by atoms with Crippen LogP contribution in [0.15, 0.2) is 59.3 Å². The first kappa shape index (κ1) is 22.1. The molecule has 0 fully saturated rings. The fourth-order valence-electron chi connectivity index (χ4n) is 3.42. The van der Waals surface area contributed by atoms with Crippen LogP contribution in [0.1, 0.15) is 28.5 Å². The minimum Gasteiger partial charge on any atom is -0.497 e. The molecule has 0 spiro atoms. The number of aryl methyl sites for hydroxylation is 2. The van der Waals surface area contributed by atoms with E-state index in [2.05, 4.69) is 15.5 Å². The number of nitrogens with one attached hydrogen (secondary N) is 1. The van der Waals surface area contributed by atoms with Gasteiger partial charge in [-0.25, -0.2) is 4.68 Å². The summed E-state index contributed by atoms with van der Waals surface area (Å²) in [6.07, 6.45) is 2.98. The average molecular weight is 447 g/mol. The number of amides is 1. The number of nitrogens with zero attached hydrogens (tertiary/aromatic N) is 4. The Morgan fingerprint density at radius 2 is 1.94 bits per heavy atom. The van der Waals surface area contributed by atoms with Gasteiger partial charge in [-0.3, -0.25) is 4.79 Å². The molecule has 0 atom stereocenters. The molecule has 0 aliphatic heterocycles. The summed E-state index contributed by atoms with van der Waals surface area (Å²) in [6, 6.07) is 15.0. The van der Waals surface area contributed by atoms with Crippen LogP contribution in [0.5, 0.6) is 11.5 Å². The van der Waals surface area contributed by atoms with Crippen LogP contribution < -0.4 is 14.8 Å². The number of aromatic nitrogens is 4. The fraction of sp³-hybridized carbons (Fsp3) is 0.250. The van der Waals surface area contributed by atoms with E-state index in [0.29, 0.717) is 59.4 Å². The third kappa shape index (κ3) is 5.03. The number of hydrogen-bond acceptors (Lipinski definition) is 7. The SMILES string of the molecule is COc1ccc(-c2nn(-c3ccccc3)cc2C(=O)NCCCc2nc(C)no2)c(OC)c1. The molecule has 0 saturated carbocycles. The molecule has 0 unspecified atom stereocenters. The highest BCUT2D eigenvalue weighted by Gasteiger charge is 2.21. The van der Waals surface area contributed by atoms with Crippen LogP contribution in [0.25, 0.3) is 16.9 Å². The van der Waals surface area contributed by atoms with E-state index in [1.807, 2.05) is 42.5 Å². The molecule has 0 aliphatic carbocycles. The van der Waals surface area contributed by atoms with Gasteiger partial charge < -0.3 is 19.3 Å². The van der Waals surface area contributed by atoms with Crippen molar-refractivity contribution in [2.24, 2.45) is 0 Å². The number of para-hydroxylation sites is 1. The van der Waals surface area contributed by atoms with Gasteiger partial charge in [-0.15, -0.1) is 0 Å². The second-order valence-electron chi connectivity index (χ2n) is 7.33. The standard InChI is InChI=1S/C24H25N5O4/c1-16-26-22(33-28-16)10-7-13-25-24(30)20-15-29(17-8-5-4-6-9-17)27-23(20)19-12-11-18(31-2)14-21(19)32-3/h4-6,8-9,11-12,14-15H,7,10,13H2,1-3H3,(H,25,30). The summed E-state index contributed by atoms with van der Waals surface area (Å²) in [5.74, 6) is 2.14. The fourth-order valence-corrected chi connectivity index (χ4v) is 3.42. The molecule has 0 saturated heterocycles. The lowest BCUT2D eigenvalue weighted by molar-refractivity contribution is 0.0953. The molecule has 1 amide bonds. The summed E-state index contributed by atoms with van der Waals surface area (Å²) < 4.78 is 17.7. The Bertz CT molecular complexity index is 1230. The molecule has 1 N–H and O–H groups in total. The molecule has 0 radical (unpaired) electrons. The molecule has 4 rings (SSSR count). The molecule has 2 heterocycles. The van der Waals surface area contributed by atoms with Crippen molar-refractivity contribution in [1.29, 1.82) is 0 Å². The summed E-state index contributed by atoms with van der Waals surface area (Å²) in [5, 5.41) is 11.5. The van der Waals surface area contributed by atoms with Crippen molar-refractivity contribution >= 4 is 5.91 Å². The number of rotatable bonds is 9. The van der Waals surface area contributed by atoms with Crippen molar-refractivity contribution in [3.05, 3.63) is 72.0 Å². The van der Waals surface area contributed by atoms with Crippen molar-refractivity contribution in [3.8, 4) is 28.4 Å². The van der Waals surface area contributed by atoms with Gasteiger partial charge in [-0.1, -0.05) is 23.4 Å². The first-order valence-electron chi connectivity index (χ1n) is 10.5. The lowest BCUT2D eigenvalue weighted by atomic mass is 10.1. The lowest BCUT2D eigenvalue weighted by Gasteiger charge is -2.10. The molecule has 9 nitrogen and oxygen atoms in total. The highest BCUT2D eigenvalue weighted by Crippen LogP contribution is 2.34. The topological polar surface area (TPSA) is 104 Å². The van der Waals surface area contributed by atoms with Gasteiger partial charge in [0.15, 0.2) is 5.82 Å². The number of carbonyl (C=O) groups excluding carboxylic acids is 1. The van der Waals surface area contributed by atoms with Gasteiger partial charge in [0, 0.05) is 30.8 Å². The van der Waals surface area contributed by atoms with Gasteiger partial charge in [0.2, 0.25) is 5.89 Å². The second kappa shape index (κ2) is 9.99. The number of benzene rings is 2. The Hall–Kier alpha value is -4.14. The van der Waals surface area contributed by atoms with Gasteiger partial charge in [-0.2, -0.15) is 10.1 Å². The molecular formula is C24H25N5O4. The van der Waals surface area contributed by atoms with Crippen LogP contribution >= 0.6 is 0 Å². The highest BCUT2D eigenvalue weighted by atomic mass is 16.5. The molecule has 33 heavy (non-hydrogen) atoms. The lowest BCUT2D eigenvalue weighted by Crippen LogP contribution is -2.25. The van der Waals surface area contributed by atoms with Crippen molar-refractivity contribution in [1.82, 2.24) is 25.2 Å². The smallest absolute Gasteiger partial charge is 0.255 e. The average Bonchev–Trinajstić information content (AvgIpc) is 3.48. The number of methoxy groups -OCH3 is 2. The first-order chi connectivity index (χ1) is 16.1. The van der Waals surface area contributed by atoms with Crippen LogP contribution in [0.4, 0.5) is 0 Å². The predicted octanol–water partition coefficient (Wildman–Crippen LogP) is 3.61. The maximum atomic E-state index is 13.1. The minimum atomic E-state index is -0.230. The normalized spacial score (nSPS) is 10.8. The number of hydrogen-bond donors (Lipinski definition) is 1. The van der Waals surface area contributed by atoms with Crippen LogP contribution in [0.2, 0.25) is 0 Å². The first-order valence-corrected chi connectivity index (χ1v) is 10.5. The van der Waals surface area contributed by atoms with Gasteiger partial charge in [-0.05, 0) is 37.6 Å². The van der Waals surface area contributed by atoms with E-state index in [0.717, 1.165) is 5.69 Å². The monoisotopic (exact) mass is 447 g/mol. The summed E-state index contributed by atoms with van der Waals surface area (Å²) in [7, 11) is 3.17. The second-order valence-corrected chi connectivity index (χ2v) is 7.33. The number of ether oxygens (including phenoxy) is 2. The van der Waals surface area contributed by atoms with Crippen LogP contribution in [0.3, 0.4) is 0 Å². The molecule has 0 bridgehead atoms. The van der Waals surface area contributed by atoms with Crippen molar-refractivity contribution in [3.63, 3.8) is 0 Å². The molecule has 9 heteroatoms. The summed E-state index contributed by atoms with van der Waals surface area (Å²) in [6.45, 7) is 2.23. The Morgan fingerprint density at radius 3 is 2.64 bits per heavy atom. The van der Waals surface area contributed by atoms with E-state index in [1.54, 1.807) is 38.1 Å². The zero-order valence-electron chi connectivity index (χ0n) is 18.7. The summed E-state index contributed by atoms with van der Waals surface area (Å²) in [4.78, 5) is 17.3. The van der Waals surface area contributed by atoms with Crippen LogP contribution in [0, 0.1) is 6.92 Å². The molecule has 2 aromatic heterocycles. The van der Waals surface area contributed by atoms with Crippen molar-refractivity contribution in [2.45, 2.75) is 19.8 Å². The van der Waals surface area contributed by atoms with Crippen molar-refractivity contribution in [2.75, 3.05) is 20.8 Å². The highest BCUT2D eigenvalue weighted by molar-refractivity contribution is 6.00. The predicted molar refractivity (Wildman–Crippen MR) is 122 cm³/mol. The van der Waals surface area contributed by atoms with E-state index in [1.165, 1.54) is 0 Å². The molecular weight excluding hydrogens is 422 g/mol. The Kier molecular flexibility index (Phi) is 6.68. The number of carbonyl (C=O) groups is 1. The van der Waals surface area contributed by atoms with E-state index in [-0.39, 0.29) is 5.91 Å². The summed E-state index contributed by atoms with van der Waals surface area (Å²) in [5.41, 5.74) is 2.50. The van der Waals surface area contributed by atoms with E-state index in [9.17, 15) is 4.79 Å². The molecule has 4 aromatic rings. The Morgan fingerprint density at radius 1 is 1.12 bits per heavy atom. The summed E-state index contributed by atoms with van der Waals surface area (Å²) >= 11 is 0. The molecule has 0 aliphatic rings. The van der Waals surface area contributed by atoms with Crippen molar-refractivity contribution < 1.29 is 18.8 Å². The van der Waals surface area contributed by atoms with E-state index >= 15 is 0 Å². The zero-order chi connectivity index (χ0) is 23.2. The maximum absolute atomic E-state index is 13.1.